The van der Waals surface area contributed by atoms with E-state index in [4.69, 9.17) is 4.42 Å². The SMILES string of the molecule is CCCCCCCCc1nnc(NC(=O)CNC(=O)c2ccoc2C)s1. The highest BCUT2D eigenvalue weighted by Crippen LogP contribution is 2.18. The number of amides is 2. The van der Waals surface area contributed by atoms with E-state index in [0.717, 1.165) is 17.8 Å². The first-order valence-electron chi connectivity index (χ1n) is 9.04. The van der Waals surface area contributed by atoms with Crippen LogP contribution in [-0.4, -0.2) is 28.6 Å². The van der Waals surface area contributed by atoms with Crippen LogP contribution in [0, 0.1) is 6.92 Å². The zero-order valence-electron chi connectivity index (χ0n) is 15.3. The van der Waals surface area contributed by atoms with Gasteiger partial charge in [0.2, 0.25) is 11.0 Å². The monoisotopic (exact) mass is 378 g/mol. The number of aryl methyl sites for hydroxylation is 2. The summed E-state index contributed by atoms with van der Waals surface area (Å²) in [5.74, 6) is -0.152. The van der Waals surface area contributed by atoms with Gasteiger partial charge >= 0.3 is 0 Å². The number of anilines is 1. The predicted molar refractivity (Wildman–Crippen MR) is 101 cm³/mol. The second-order valence-corrected chi connectivity index (χ2v) is 7.20. The van der Waals surface area contributed by atoms with E-state index in [1.807, 2.05) is 0 Å². The second-order valence-electron chi connectivity index (χ2n) is 6.14. The van der Waals surface area contributed by atoms with Crippen LogP contribution in [-0.2, 0) is 11.2 Å². The van der Waals surface area contributed by atoms with Crippen LogP contribution in [0.1, 0.15) is 66.6 Å². The summed E-state index contributed by atoms with van der Waals surface area (Å²) in [6.07, 6.45) is 9.71. The van der Waals surface area contributed by atoms with Crippen molar-refractivity contribution in [2.75, 3.05) is 11.9 Å². The molecule has 26 heavy (non-hydrogen) atoms. The Bertz CT molecular complexity index is 711. The third-order valence-corrected chi connectivity index (χ3v) is 4.87. The molecule has 2 aromatic rings. The minimum absolute atomic E-state index is 0.129. The highest BCUT2D eigenvalue weighted by molar-refractivity contribution is 7.15. The van der Waals surface area contributed by atoms with E-state index in [9.17, 15) is 9.59 Å². The van der Waals surface area contributed by atoms with Gasteiger partial charge in [-0.2, -0.15) is 0 Å². The van der Waals surface area contributed by atoms with Crippen molar-refractivity contribution < 1.29 is 14.0 Å². The highest BCUT2D eigenvalue weighted by Gasteiger charge is 2.13. The Morgan fingerprint density at radius 1 is 1.15 bits per heavy atom. The van der Waals surface area contributed by atoms with Crippen molar-refractivity contribution in [1.82, 2.24) is 15.5 Å². The molecule has 7 nitrogen and oxygen atoms in total. The summed E-state index contributed by atoms with van der Waals surface area (Å²) in [5.41, 5.74) is 0.426. The molecule has 142 valence electrons. The van der Waals surface area contributed by atoms with Crippen LogP contribution in [0.5, 0.6) is 0 Å². The van der Waals surface area contributed by atoms with E-state index in [0.29, 0.717) is 16.5 Å². The molecule has 0 radical (unpaired) electrons. The molecule has 0 fully saturated rings. The average Bonchev–Trinajstić information content (AvgIpc) is 3.25. The average molecular weight is 378 g/mol. The third-order valence-electron chi connectivity index (χ3n) is 3.97. The Hall–Kier alpha value is -2.22. The van der Waals surface area contributed by atoms with Crippen molar-refractivity contribution in [1.29, 1.82) is 0 Å². The Morgan fingerprint density at radius 2 is 1.92 bits per heavy atom. The molecule has 0 saturated carbocycles. The largest absolute Gasteiger partial charge is 0.469 e. The highest BCUT2D eigenvalue weighted by atomic mass is 32.1. The summed E-state index contributed by atoms with van der Waals surface area (Å²) in [5, 5.41) is 14.7. The topological polar surface area (TPSA) is 97.1 Å². The van der Waals surface area contributed by atoms with Crippen LogP contribution in [0.2, 0.25) is 0 Å². The predicted octanol–water partition coefficient (Wildman–Crippen LogP) is 3.71. The van der Waals surface area contributed by atoms with Gasteiger partial charge in [0.1, 0.15) is 10.8 Å². The van der Waals surface area contributed by atoms with Crippen LogP contribution in [0.3, 0.4) is 0 Å². The molecule has 2 amide bonds. The van der Waals surface area contributed by atoms with Gasteiger partial charge in [-0.3, -0.25) is 14.9 Å². The molecule has 0 bridgehead atoms. The quantitative estimate of drug-likeness (QED) is 0.581. The summed E-state index contributed by atoms with van der Waals surface area (Å²) in [6, 6.07) is 1.57. The van der Waals surface area contributed by atoms with Crippen molar-refractivity contribution in [3.05, 3.63) is 28.7 Å². The van der Waals surface area contributed by atoms with Crippen LogP contribution in [0.15, 0.2) is 16.7 Å². The molecular weight excluding hydrogens is 352 g/mol. The number of carbonyl (C=O) groups is 2. The Labute approximate surface area is 157 Å². The van der Waals surface area contributed by atoms with Gasteiger partial charge in [0.15, 0.2) is 0 Å². The van der Waals surface area contributed by atoms with E-state index in [1.165, 1.54) is 49.7 Å². The molecule has 2 heterocycles. The van der Waals surface area contributed by atoms with Gasteiger partial charge < -0.3 is 9.73 Å². The lowest BCUT2D eigenvalue weighted by Gasteiger charge is -2.03. The summed E-state index contributed by atoms with van der Waals surface area (Å²) in [4.78, 5) is 23.9. The first-order chi connectivity index (χ1) is 12.6. The summed E-state index contributed by atoms with van der Waals surface area (Å²) in [7, 11) is 0. The van der Waals surface area contributed by atoms with Gasteiger partial charge in [-0.15, -0.1) is 10.2 Å². The van der Waals surface area contributed by atoms with Crippen LogP contribution in [0.25, 0.3) is 0 Å². The number of carbonyl (C=O) groups excluding carboxylic acids is 2. The number of nitrogens with one attached hydrogen (secondary N) is 2. The van der Waals surface area contributed by atoms with Crippen molar-refractivity contribution >= 4 is 28.3 Å². The minimum atomic E-state index is -0.340. The number of hydrogen-bond donors (Lipinski definition) is 2. The summed E-state index contributed by atoms with van der Waals surface area (Å²) in [6.45, 7) is 3.78. The Kier molecular flexibility index (Phi) is 8.27. The van der Waals surface area contributed by atoms with Gasteiger partial charge in [-0.1, -0.05) is 50.4 Å². The van der Waals surface area contributed by atoms with Gasteiger partial charge in [0, 0.05) is 6.42 Å². The first kappa shape index (κ1) is 20.1. The van der Waals surface area contributed by atoms with Crippen molar-refractivity contribution in [3.8, 4) is 0 Å². The fourth-order valence-electron chi connectivity index (χ4n) is 2.50. The lowest BCUT2D eigenvalue weighted by molar-refractivity contribution is -0.115. The first-order valence-corrected chi connectivity index (χ1v) is 9.86. The molecule has 0 saturated heterocycles. The molecule has 2 aromatic heterocycles. The molecule has 2 N–H and O–H groups in total. The van der Waals surface area contributed by atoms with E-state index < -0.39 is 0 Å². The molecule has 0 unspecified atom stereocenters. The van der Waals surface area contributed by atoms with Gasteiger partial charge in [0.05, 0.1) is 18.4 Å². The van der Waals surface area contributed by atoms with Crippen molar-refractivity contribution in [3.63, 3.8) is 0 Å². The van der Waals surface area contributed by atoms with Crippen LogP contribution >= 0.6 is 11.3 Å². The molecule has 8 heteroatoms. The summed E-state index contributed by atoms with van der Waals surface area (Å²) < 4.78 is 5.07. The molecule has 0 aromatic carbocycles. The Balaban J connectivity index is 1.67. The third kappa shape index (κ3) is 6.59. The van der Waals surface area contributed by atoms with Gasteiger partial charge in [0.25, 0.3) is 5.91 Å². The summed E-state index contributed by atoms with van der Waals surface area (Å²) >= 11 is 1.38. The number of unbranched alkanes of at least 4 members (excludes halogenated alkanes) is 5. The van der Waals surface area contributed by atoms with Crippen molar-refractivity contribution in [2.24, 2.45) is 0 Å². The molecule has 0 aliphatic rings. The maximum Gasteiger partial charge on any atom is 0.255 e. The smallest absolute Gasteiger partial charge is 0.255 e. The van der Waals surface area contributed by atoms with E-state index in [2.05, 4.69) is 27.8 Å². The number of nitrogens with zero attached hydrogens (tertiary/aromatic N) is 2. The van der Waals surface area contributed by atoms with E-state index >= 15 is 0 Å². The lowest BCUT2D eigenvalue weighted by atomic mass is 10.1. The van der Waals surface area contributed by atoms with Gasteiger partial charge in [-0.25, -0.2) is 0 Å². The molecule has 2 rings (SSSR count). The van der Waals surface area contributed by atoms with Gasteiger partial charge in [-0.05, 0) is 19.4 Å². The standard InChI is InChI=1S/C18H26N4O3S/c1-3-4-5-6-7-8-9-16-21-22-18(26-16)20-15(23)12-19-17(24)14-10-11-25-13(14)2/h10-11H,3-9,12H2,1-2H3,(H,19,24)(H,20,22,23). The zero-order valence-corrected chi connectivity index (χ0v) is 16.2. The van der Waals surface area contributed by atoms with Crippen molar-refractivity contribution in [2.45, 2.75) is 58.8 Å². The lowest BCUT2D eigenvalue weighted by Crippen LogP contribution is -2.32. The molecule has 0 atom stereocenters. The molecular formula is C18H26N4O3S. The van der Waals surface area contributed by atoms with E-state index in [-0.39, 0.29) is 18.4 Å². The normalized spacial score (nSPS) is 10.7. The maximum absolute atomic E-state index is 11.9. The Morgan fingerprint density at radius 3 is 2.65 bits per heavy atom. The fourth-order valence-corrected chi connectivity index (χ4v) is 3.30. The number of hydrogen-bond acceptors (Lipinski definition) is 6. The number of rotatable bonds is 11. The second kappa shape index (κ2) is 10.7. The zero-order chi connectivity index (χ0) is 18.8. The minimum Gasteiger partial charge on any atom is -0.469 e. The van der Waals surface area contributed by atoms with Crippen LogP contribution < -0.4 is 10.6 Å². The molecule has 0 spiro atoms. The molecule has 0 aliphatic carbocycles. The fraction of sp³-hybridized carbons (Fsp3) is 0.556. The van der Waals surface area contributed by atoms with Crippen LogP contribution in [0.4, 0.5) is 5.13 Å². The maximum atomic E-state index is 11.9. The molecule has 0 aliphatic heterocycles. The van der Waals surface area contributed by atoms with E-state index in [1.54, 1.807) is 13.0 Å². The number of furan rings is 1. The number of aromatic nitrogens is 2.